The van der Waals surface area contributed by atoms with E-state index in [4.69, 9.17) is 16.9 Å². The van der Waals surface area contributed by atoms with Gasteiger partial charge >= 0.3 is 0 Å². The molecule has 0 amide bonds. The highest BCUT2D eigenvalue weighted by atomic mass is 15.2. The highest BCUT2D eigenvalue weighted by molar-refractivity contribution is 5.97. The van der Waals surface area contributed by atoms with E-state index in [1.807, 2.05) is 43.7 Å². The van der Waals surface area contributed by atoms with Crippen LogP contribution in [0.15, 0.2) is 54.9 Å². The summed E-state index contributed by atoms with van der Waals surface area (Å²) in [6, 6.07) is 13.2. The second-order valence-electron chi connectivity index (χ2n) is 5.32. The zero-order valence-corrected chi connectivity index (χ0v) is 12.7. The normalized spacial score (nSPS) is 10.5. The summed E-state index contributed by atoms with van der Waals surface area (Å²) in [6.07, 6.45) is 3.79. The van der Waals surface area contributed by atoms with Crippen LogP contribution < -0.4 is 16.8 Å². The smallest absolute Gasteiger partial charge is 0.122 e. The summed E-state index contributed by atoms with van der Waals surface area (Å²) in [5.74, 6) is 0.0113. The SMILES string of the molecule is Cn1cc(-c2cccc(Nc3cc(C(=N)N)ccc3N)c2)cn1. The van der Waals surface area contributed by atoms with Crippen LogP contribution in [0.4, 0.5) is 17.1 Å². The fourth-order valence-electron chi connectivity index (χ4n) is 2.33. The molecular formula is C17H18N6. The van der Waals surface area contributed by atoms with Gasteiger partial charge in [-0.15, -0.1) is 0 Å². The Morgan fingerprint density at radius 1 is 1.17 bits per heavy atom. The van der Waals surface area contributed by atoms with Crippen LogP contribution in [0.5, 0.6) is 0 Å². The van der Waals surface area contributed by atoms with Gasteiger partial charge in [0.05, 0.1) is 17.6 Å². The Hall–Kier alpha value is -3.28. The van der Waals surface area contributed by atoms with Crippen LogP contribution in [0.3, 0.4) is 0 Å². The van der Waals surface area contributed by atoms with Crippen LogP contribution in [0.1, 0.15) is 5.56 Å². The van der Waals surface area contributed by atoms with Gasteiger partial charge in [0.1, 0.15) is 5.84 Å². The maximum Gasteiger partial charge on any atom is 0.122 e. The highest BCUT2D eigenvalue weighted by Gasteiger charge is 2.06. The van der Waals surface area contributed by atoms with Crippen LogP contribution in [0.2, 0.25) is 0 Å². The third-order valence-corrected chi connectivity index (χ3v) is 3.54. The van der Waals surface area contributed by atoms with E-state index in [1.54, 1.807) is 22.9 Å². The number of aryl methyl sites for hydroxylation is 1. The van der Waals surface area contributed by atoms with Crippen molar-refractivity contribution in [1.82, 2.24) is 9.78 Å². The highest BCUT2D eigenvalue weighted by Crippen LogP contribution is 2.27. The van der Waals surface area contributed by atoms with Gasteiger partial charge in [0.2, 0.25) is 0 Å². The minimum Gasteiger partial charge on any atom is -0.397 e. The van der Waals surface area contributed by atoms with Crippen molar-refractivity contribution >= 4 is 22.9 Å². The van der Waals surface area contributed by atoms with Crippen LogP contribution in [-0.2, 0) is 7.05 Å². The van der Waals surface area contributed by atoms with Gasteiger partial charge in [0.15, 0.2) is 0 Å². The van der Waals surface area contributed by atoms with Gasteiger partial charge in [0.25, 0.3) is 0 Å². The molecule has 3 rings (SSSR count). The number of anilines is 3. The second kappa shape index (κ2) is 5.84. The van der Waals surface area contributed by atoms with Gasteiger partial charge in [0, 0.05) is 30.1 Å². The lowest BCUT2D eigenvalue weighted by molar-refractivity contribution is 0.768. The van der Waals surface area contributed by atoms with Gasteiger partial charge in [-0.2, -0.15) is 5.10 Å². The van der Waals surface area contributed by atoms with Crippen molar-refractivity contribution < 1.29 is 0 Å². The molecule has 0 radical (unpaired) electrons. The number of hydrogen-bond acceptors (Lipinski definition) is 4. The number of benzene rings is 2. The molecule has 0 bridgehead atoms. The molecule has 6 nitrogen and oxygen atoms in total. The van der Waals surface area contributed by atoms with Crippen molar-refractivity contribution in [2.24, 2.45) is 12.8 Å². The summed E-state index contributed by atoms with van der Waals surface area (Å²) in [7, 11) is 1.89. The monoisotopic (exact) mass is 306 g/mol. The lowest BCUT2D eigenvalue weighted by atomic mass is 10.1. The molecule has 0 fully saturated rings. The van der Waals surface area contributed by atoms with E-state index in [0.717, 1.165) is 22.5 Å². The van der Waals surface area contributed by atoms with Crippen molar-refractivity contribution in [3.05, 3.63) is 60.4 Å². The molecule has 2 aromatic carbocycles. The Labute approximate surface area is 134 Å². The molecule has 3 aromatic rings. The average molecular weight is 306 g/mol. The second-order valence-corrected chi connectivity index (χ2v) is 5.32. The number of hydrogen-bond donors (Lipinski definition) is 4. The fourth-order valence-corrected chi connectivity index (χ4v) is 2.33. The van der Waals surface area contributed by atoms with Crippen LogP contribution in [0, 0.1) is 5.41 Å². The maximum atomic E-state index is 7.53. The lowest BCUT2D eigenvalue weighted by Crippen LogP contribution is -2.11. The fraction of sp³-hybridized carbons (Fsp3) is 0.0588. The summed E-state index contributed by atoms with van der Waals surface area (Å²) < 4.78 is 1.77. The molecule has 0 spiro atoms. The predicted molar refractivity (Wildman–Crippen MR) is 93.8 cm³/mol. The quantitative estimate of drug-likeness (QED) is 0.338. The number of nitrogens with one attached hydrogen (secondary N) is 2. The number of nitrogens with two attached hydrogens (primary N) is 2. The molecule has 1 heterocycles. The average Bonchev–Trinajstić information content (AvgIpc) is 2.96. The number of rotatable bonds is 4. The Morgan fingerprint density at radius 2 is 2.00 bits per heavy atom. The zero-order chi connectivity index (χ0) is 16.4. The molecule has 0 saturated heterocycles. The van der Waals surface area contributed by atoms with Crippen molar-refractivity contribution in [2.75, 3.05) is 11.1 Å². The first kappa shape index (κ1) is 14.6. The van der Waals surface area contributed by atoms with E-state index in [2.05, 4.69) is 10.4 Å². The standard InChI is InChI=1S/C17H18N6/c1-23-10-13(9-21-23)11-3-2-4-14(7-11)22-16-8-12(17(19)20)5-6-15(16)18/h2-10,22H,18H2,1H3,(H3,19,20). The van der Waals surface area contributed by atoms with Crippen molar-refractivity contribution in [2.45, 2.75) is 0 Å². The Kier molecular flexibility index (Phi) is 3.72. The van der Waals surface area contributed by atoms with Crippen molar-refractivity contribution in [3.8, 4) is 11.1 Å². The molecule has 0 aliphatic rings. The molecule has 6 heteroatoms. The van der Waals surface area contributed by atoms with Crippen LogP contribution in [0.25, 0.3) is 11.1 Å². The Morgan fingerprint density at radius 3 is 2.70 bits per heavy atom. The Balaban J connectivity index is 1.92. The van der Waals surface area contributed by atoms with Crippen molar-refractivity contribution in [3.63, 3.8) is 0 Å². The predicted octanol–water partition coefficient (Wildman–Crippen LogP) is 2.70. The minimum absolute atomic E-state index is 0.0113. The molecule has 0 aliphatic heterocycles. The first-order valence-electron chi connectivity index (χ1n) is 7.13. The third kappa shape index (κ3) is 3.16. The van der Waals surface area contributed by atoms with Gasteiger partial charge in [-0.25, -0.2) is 0 Å². The van der Waals surface area contributed by atoms with Crippen molar-refractivity contribution in [1.29, 1.82) is 5.41 Å². The van der Waals surface area contributed by atoms with Gasteiger partial charge in [-0.3, -0.25) is 10.1 Å². The molecular weight excluding hydrogens is 288 g/mol. The Bertz CT molecular complexity index is 865. The van der Waals surface area contributed by atoms with E-state index in [0.29, 0.717) is 11.3 Å². The topological polar surface area (TPSA) is 106 Å². The van der Waals surface area contributed by atoms with E-state index >= 15 is 0 Å². The summed E-state index contributed by atoms with van der Waals surface area (Å²) in [6.45, 7) is 0. The summed E-state index contributed by atoms with van der Waals surface area (Å²) in [5.41, 5.74) is 16.5. The number of nitrogens with zero attached hydrogens (tertiary/aromatic N) is 2. The van der Waals surface area contributed by atoms with Gasteiger partial charge in [-0.05, 0) is 35.9 Å². The summed E-state index contributed by atoms with van der Waals surface area (Å²) in [4.78, 5) is 0. The summed E-state index contributed by atoms with van der Waals surface area (Å²) in [5, 5.41) is 15.0. The molecule has 1 aromatic heterocycles. The molecule has 0 unspecified atom stereocenters. The van der Waals surface area contributed by atoms with Crippen LogP contribution >= 0.6 is 0 Å². The third-order valence-electron chi connectivity index (χ3n) is 3.54. The van der Waals surface area contributed by atoms with E-state index in [1.165, 1.54) is 0 Å². The van der Waals surface area contributed by atoms with E-state index < -0.39 is 0 Å². The van der Waals surface area contributed by atoms with Gasteiger partial charge in [-0.1, -0.05) is 12.1 Å². The van der Waals surface area contributed by atoms with E-state index in [9.17, 15) is 0 Å². The molecule has 23 heavy (non-hydrogen) atoms. The minimum atomic E-state index is 0.0113. The lowest BCUT2D eigenvalue weighted by Gasteiger charge is -2.12. The molecule has 0 aliphatic carbocycles. The number of aromatic nitrogens is 2. The number of nitrogen functional groups attached to an aromatic ring is 2. The summed E-state index contributed by atoms with van der Waals surface area (Å²) >= 11 is 0. The van der Waals surface area contributed by atoms with Gasteiger partial charge < -0.3 is 16.8 Å². The largest absolute Gasteiger partial charge is 0.397 e. The first-order chi connectivity index (χ1) is 11.0. The molecule has 0 atom stereocenters. The maximum absolute atomic E-state index is 7.53. The zero-order valence-electron chi connectivity index (χ0n) is 12.7. The number of amidine groups is 1. The molecule has 116 valence electrons. The van der Waals surface area contributed by atoms with E-state index in [-0.39, 0.29) is 5.84 Å². The molecule has 6 N–H and O–H groups in total. The molecule has 0 saturated carbocycles. The van der Waals surface area contributed by atoms with Crippen LogP contribution in [-0.4, -0.2) is 15.6 Å². The first-order valence-corrected chi connectivity index (χ1v) is 7.13.